The van der Waals surface area contributed by atoms with Crippen LogP contribution >= 0.6 is 0 Å². The number of nitrogens with two attached hydrogens (primary N) is 3. The molecule has 0 aromatic heterocycles. The number of carbonyl (C=O) groups is 9. The lowest BCUT2D eigenvalue weighted by Gasteiger charge is -2.29. The van der Waals surface area contributed by atoms with Gasteiger partial charge < -0.3 is 59.7 Å². The topological polar surface area (TPSA) is 328 Å². The highest BCUT2D eigenvalue weighted by Gasteiger charge is 2.35. The van der Waals surface area contributed by atoms with Crippen molar-refractivity contribution in [2.24, 2.45) is 35.0 Å². The van der Waals surface area contributed by atoms with Crippen molar-refractivity contribution < 1.29 is 43.2 Å². The summed E-state index contributed by atoms with van der Waals surface area (Å²) >= 11 is 0. The molecule has 14 N–H and O–H groups in total. The van der Waals surface area contributed by atoms with E-state index >= 15 is 0 Å². The number of nitrogens with one attached hydrogen (secondary N) is 8. The van der Waals surface area contributed by atoms with E-state index in [9.17, 15) is 43.2 Å². The van der Waals surface area contributed by atoms with E-state index in [1.807, 2.05) is 47.6 Å². The summed E-state index contributed by atoms with van der Waals surface area (Å²) in [5.74, 6) is -6.11. The second kappa shape index (κ2) is 33.3. The van der Waals surface area contributed by atoms with Crippen LogP contribution in [0.25, 0.3) is 0 Å². The Morgan fingerprint density at radius 2 is 0.750 bits per heavy atom. The highest BCUT2D eigenvalue weighted by Crippen LogP contribution is 2.14. The van der Waals surface area contributed by atoms with Crippen LogP contribution in [0.3, 0.4) is 0 Å². The van der Waals surface area contributed by atoms with E-state index in [0.717, 1.165) is 5.56 Å². The molecule has 0 spiro atoms. The quantitative estimate of drug-likeness (QED) is 0.0438. The van der Waals surface area contributed by atoms with E-state index in [2.05, 4.69) is 42.5 Å². The van der Waals surface area contributed by atoms with Gasteiger partial charge in [-0.25, -0.2) is 0 Å². The molecule has 2 aromatic carbocycles. The third-order valence-electron chi connectivity index (χ3n) is 11.6. The second-order valence-electron chi connectivity index (χ2n) is 19.6. The molecule has 0 bridgehead atoms. The minimum Gasteiger partial charge on any atom is -0.368 e. The van der Waals surface area contributed by atoms with Crippen LogP contribution < -0.4 is 59.7 Å². The van der Waals surface area contributed by atoms with Crippen molar-refractivity contribution in [1.82, 2.24) is 42.5 Å². The van der Waals surface area contributed by atoms with Gasteiger partial charge in [-0.2, -0.15) is 0 Å². The molecule has 0 aliphatic rings. The van der Waals surface area contributed by atoms with Gasteiger partial charge in [0.05, 0.1) is 6.54 Å². The molecule has 0 unspecified atom stereocenters. The molecule has 20 heteroatoms. The molecule has 9 amide bonds. The van der Waals surface area contributed by atoms with Gasteiger partial charge in [-0.1, -0.05) is 102 Å². The Bertz CT molecular complexity index is 2040. The van der Waals surface area contributed by atoms with E-state index in [1.54, 1.807) is 54.6 Å². The van der Waals surface area contributed by atoms with Gasteiger partial charge in [0.1, 0.15) is 42.3 Å². The predicted octanol–water partition coefficient (Wildman–Crippen LogP) is 0.883. The molecular formula is C52H83N11O9. The fourth-order valence-electron chi connectivity index (χ4n) is 7.85. The van der Waals surface area contributed by atoms with Crippen molar-refractivity contribution in [3.63, 3.8) is 0 Å². The zero-order valence-corrected chi connectivity index (χ0v) is 43.4. The van der Waals surface area contributed by atoms with E-state index in [0.29, 0.717) is 44.3 Å². The molecule has 72 heavy (non-hydrogen) atoms. The number of hydrogen-bond donors (Lipinski definition) is 11. The van der Waals surface area contributed by atoms with Crippen molar-refractivity contribution in [1.29, 1.82) is 0 Å². The second-order valence-corrected chi connectivity index (χ2v) is 19.6. The van der Waals surface area contributed by atoms with Crippen molar-refractivity contribution in [3.05, 3.63) is 71.8 Å². The first-order valence-electron chi connectivity index (χ1n) is 25.3. The SMILES string of the molecule is CC(=O)NCC(=O)N[C@@H](Cc1ccccc1)C(=O)N[C@@H](Cc1ccccc1)C(=O)N[C@@H](CC(C)C)C(=O)N[C@@H](CC(C)C)C(=O)N[C@@H](CC(C)C)C(=O)N[C@@H](CCCCN)C(=O)N[C@@H](CCCCN)C(N)=O. The molecule has 20 nitrogen and oxygen atoms in total. The number of rotatable bonds is 34. The Hall–Kier alpha value is -6.41. The number of amides is 9. The lowest BCUT2D eigenvalue weighted by molar-refractivity contribution is -0.136. The zero-order chi connectivity index (χ0) is 53.8. The summed E-state index contributed by atoms with van der Waals surface area (Å²) in [6, 6.07) is 9.93. The fourth-order valence-corrected chi connectivity index (χ4v) is 7.85. The van der Waals surface area contributed by atoms with Gasteiger partial charge >= 0.3 is 0 Å². The van der Waals surface area contributed by atoms with Crippen LogP contribution in [0.1, 0.15) is 117 Å². The number of benzene rings is 2. The van der Waals surface area contributed by atoms with Gasteiger partial charge in [0.25, 0.3) is 0 Å². The Morgan fingerprint density at radius 1 is 0.431 bits per heavy atom. The first kappa shape index (κ1) is 61.7. The molecular weight excluding hydrogens is 923 g/mol. The first-order chi connectivity index (χ1) is 34.1. The van der Waals surface area contributed by atoms with Gasteiger partial charge in [-0.15, -0.1) is 0 Å². The lowest BCUT2D eigenvalue weighted by atomic mass is 9.98. The number of carbonyl (C=O) groups excluding carboxylic acids is 9. The summed E-state index contributed by atoms with van der Waals surface area (Å²) in [5, 5.41) is 21.8. The molecule has 7 atom stereocenters. The summed E-state index contributed by atoms with van der Waals surface area (Å²) in [5.41, 5.74) is 18.4. The molecule has 0 fully saturated rings. The predicted molar refractivity (Wildman–Crippen MR) is 276 cm³/mol. The maximum Gasteiger partial charge on any atom is 0.243 e. The fraction of sp³-hybridized carbons (Fsp3) is 0.596. The van der Waals surface area contributed by atoms with E-state index in [4.69, 9.17) is 17.2 Å². The molecule has 0 saturated heterocycles. The Labute approximate surface area is 425 Å². The zero-order valence-electron chi connectivity index (χ0n) is 43.4. The number of primary amides is 1. The van der Waals surface area contributed by atoms with Crippen LogP contribution in [0.15, 0.2) is 60.7 Å². The molecule has 0 heterocycles. The first-order valence-corrected chi connectivity index (χ1v) is 25.3. The third kappa shape index (κ3) is 24.6. The average molecular weight is 1010 g/mol. The summed E-state index contributed by atoms with van der Waals surface area (Å²) in [7, 11) is 0. The van der Waals surface area contributed by atoms with Crippen LogP contribution in [0.2, 0.25) is 0 Å². The normalized spacial score (nSPS) is 14.1. The molecule has 0 aliphatic carbocycles. The minimum absolute atomic E-state index is 0.0140. The summed E-state index contributed by atoms with van der Waals surface area (Å²) in [6.07, 6.45) is 3.22. The summed E-state index contributed by atoms with van der Waals surface area (Å²) < 4.78 is 0. The molecule has 0 radical (unpaired) electrons. The van der Waals surface area contributed by atoms with Crippen LogP contribution in [0.4, 0.5) is 0 Å². The standard InChI is InChI=1S/C52H83N11O9/c1-32(2)26-40(48(68)59-39(23-15-17-25-54)47(67)58-38(46(55)66)22-14-16-24-53)60-49(69)41(27-33(3)4)61-50(70)42(28-34(5)6)62-52(72)44(30-37-20-12-9-13-21-37)63-51(71)43(29-36-18-10-8-11-19-36)57-45(65)31-56-35(7)64/h8-13,18-21,32-34,38-44H,14-17,22-31,53-54H2,1-7H3,(H2,55,66)(H,56,64)(H,57,65)(H,58,67)(H,59,68)(H,60,69)(H,61,70)(H,62,72)(H,63,71)/t38-,39-,40-,41-,42-,43-,44-/m0/s1. The van der Waals surface area contributed by atoms with Crippen LogP contribution in [0, 0.1) is 17.8 Å². The van der Waals surface area contributed by atoms with Gasteiger partial charge in [-0.05, 0) is 99.8 Å². The monoisotopic (exact) mass is 1010 g/mol. The Kier molecular flexibility index (Phi) is 28.5. The highest BCUT2D eigenvalue weighted by molar-refractivity contribution is 5.98. The highest BCUT2D eigenvalue weighted by atomic mass is 16.2. The molecule has 0 aliphatic heterocycles. The summed E-state index contributed by atoms with van der Waals surface area (Å²) in [4.78, 5) is 122. The van der Waals surface area contributed by atoms with Crippen molar-refractivity contribution in [2.45, 2.75) is 161 Å². The average Bonchev–Trinajstić information content (AvgIpc) is 3.31. The minimum atomic E-state index is -1.24. The van der Waals surface area contributed by atoms with E-state index in [-0.39, 0.29) is 69.2 Å². The molecule has 400 valence electrons. The molecule has 2 rings (SSSR count). The van der Waals surface area contributed by atoms with Gasteiger partial charge in [0.15, 0.2) is 0 Å². The maximum atomic E-state index is 14.4. The van der Waals surface area contributed by atoms with Crippen LogP contribution in [0.5, 0.6) is 0 Å². The smallest absolute Gasteiger partial charge is 0.243 e. The van der Waals surface area contributed by atoms with Crippen LogP contribution in [-0.4, -0.2) is 115 Å². The number of unbranched alkanes of at least 4 members (excludes halogenated alkanes) is 2. The van der Waals surface area contributed by atoms with Crippen molar-refractivity contribution in [3.8, 4) is 0 Å². The Morgan fingerprint density at radius 3 is 1.11 bits per heavy atom. The third-order valence-corrected chi connectivity index (χ3v) is 11.6. The van der Waals surface area contributed by atoms with E-state index < -0.39 is 95.5 Å². The van der Waals surface area contributed by atoms with Crippen molar-refractivity contribution in [2.75, 3.05) is 19.6 Å². The van der Waals surface area contributed by atoms with Gasteiger partial charge in [0, 0.05) is 19.8 Å². The lowest BCUT2D eigenvalue weighted by Crippen LogP contribution is -2.60. The largest absolute Gasteiger partial charge is 0.368 e. The molecule has 0 saturated carbocycles. The Balaban J connectivity index is 2.43. The van der Waals surface area contributed by atoms with E-state index in [1.165, 1.54) is 6.92 Å². The maximum absolute atomic E-state index is 14.4. The number of hydrogen-bond acceptors (Lipinski definition) is 11. The summed E-state index contributed by atoms with van der Waals surface area (Å²) in [6.45, 7) is 12.8. The van der Waals surface area contributed by atoms with Gasteiger partial charge in [-0.3, -0.25) is 43.2 Å². The van der Waals surface area contributed by atoms with Gasteiger partial charge in [0.2, 0.25) is 53.2 Å². The molecule has 2 aromatic rings. The van der Waals surface area contributed by atoms with Crippen LogP contribution in [-0.2, 0) is 56.0 Å². The van der Waals surface area contributed by atoms with Crippen molar-refractivity contribution >= 4 is 53.2 Å².